The van der Waals surface area contributed by atoms with E-state index in [1.54, 1.807) is 34.9 Å². The summed E-state index contributed by atoms with van der Waals surface area (Å²) in [6.07, 6.45) is -0.302. The van der Waals surface area contributed by atoms with Gasteiger partial charge in [-0.05, 0) is 65.2 Å². The lowest BCUT2D eigenvalue weighted by Crippen LogP contribution is -2.63. The summed E-state index contributed by atoms with van der Waals surface area (Å²) < 4.78 is 73.0. The quantitative estimate of drug-likeness (QED) is 0.147. The predicted molar refractivity (Wildman–Crippen MR) is 154 cm³/mol. The van der Waals surface area contributed by atoms with Gasteiger partial charge in [-0.3, -0.25) is 24.1 Å². The molecule has 0 saturated carbocycles. The van der Waals surface area contributed by atoms with Crippen molar-refractivity contribution in [2.24, 2.45) is 17.6 Å². The molecule has 13 nitrogen and oxygen atoms in total. The van der Waals surface area contributed by atoms with E-state index < -0.39 is 105 Å². The van der Waals surface area contributed by atoms with E-state index in [0.29, 0.717) is 0 Å². The molecule has 0 spiro atoms. The lowest BCUT2D eigenvalue weighted by Gasteiger charge is -2.50. The van der Waals surface area contributed by atoms with Crippen molar-refractivity contribution in [3.8, 4) is 5.75 Å². The number of hydrogen-bond donors (Lipinski definition) is 7. The molecule has 3 aliphatic rings. The number of carbonyl (C=O) groups is 4. The molecule has 4 atom stereocenters. The Morgan fingerprint density at radius 2 is 1.98 bits per heavy atom. The van der Waals surface area contributed by atoms with Crippen molar-refractivity contribution >= 4 is 34.8 Å². The fourth-order valence-electron chi connectivity index (χ4n) is 6.03. The second-order valence-electron chi connectivity index (χ2n) is 12.2. The molecule has 0 unspecified atom stereocenters. The average molecular weight is 595 g/mol. The van der Waals surface area contributed by atoms with Gasteiger partial charge in [-0.2, -0.15) is 0 Å². The number of anilines is 2. The lowest BCUT2D eigenvalue weighted by molar-refractivity contribution is -0.148. The summed E-state index contributed by atoms with van der Waals surface area (Å²) in [6.45, 7) is 4.39. The number of primary amides is 1. The Balaban J connectivity index is 2.06. The molecule has 0 aromatic heterocycles. The molecule has 42 heavy (non-hydrogen) atoms. The SMILES string of the molecule is [2H]OC1=C(C(=O)N([2H])[2H])C(=O)[C@@]2(O[2H])C(O[2H])=C3C(=O)c4c(c(N(C)C)c([2H])c(N([2H])C(=O)CN([2H])C(C)(C)C)c4O[2H])C[C@H]3C[C@H]2[C@@H]1N(C)C. The van der Waals surface area contributed by atoms with Gasteiger partial charge in [0.1, 0.15) is 18.5 Å². The van der Waals surface area contributed by atoms with Crippen molar-refractivity contribution in [1.82, 2.24) is 10.2 Å². The standard InChI is InChI=1S/C29H39N5O8/c1-28(2,3)31-11-17(35)32-15-10-16(33(4)5)13-8-12-9-14-21(34(6)7)24(38)20(27(30)41)26(40)29(14,42)25(39)18(12)23(37)19(13)22(15)36/h10,12,14,21,31,36,38-39,42H,8-9,11H2,1-7H3,(H2,30,41)(H,32,35)/t12-,14-,21-,29-/m0/s1/i10D,42D/hD7. The Bertz CT molecular complexity index is 1720. The molecule has 4 rings (SSSR count). The first-order chi connectivity index (χ1) is 23.7. The van der Waals surface area contributed by atoms with Gasteiger partial charge in [-0.15, -0.1) is 0 Å². The minimum absolute atomic E-state index is 0.0801. The normalized spacial score (nSPS) is 28.4. The van der Waals surface area contributed by atoms with Crippen LogP contribution in [0.5, 0.6) is 5.75 Å². The van der Waals surface area contributed by atoms with Crippen LogP contribution in [0.15, 0.2) is 28.7 Å². The number of aromatic hydroxyl groups is 1. The fourth-order valence-corrected chi connectivity index (χ4v) is 6.03. The number of ketones is 2. The average Bonchev–Trinajstić information content (AvgIpc) is 3.04. The first-order valence-electron chi connectivity index (χ1n) is 17.2. The van der Waals surface area contributed by atoms with E-state index in [0.717, 1.165) is 5.31 Å². The highest BCUT2D eigenvalue weighted by molar-refractivity contribution is 6.25. The first kappa shape index (κ1) is 20.9. The highest BCUT2D eigenvalue weighted by Gasteiger charge is 2.63. The molecule has 8 N–H and O–H groups in total. The van der Waals surface area contributed by atoms with E-state index in [1.807, 2.05) is 0 Å². The van der Waals surface area contributed by atoms with Crippen molar-refractivity contribution in [1.29, 1.82) is 5.72 Å². The summed E-state index contributed by atoms with van der Waals surface area (Å²) in [5, 5.41) is 20.9. The maximum absolute atomic E-state index is 14.7. The number of nitrogens with one attached hydrogen (secondary N) is 2. The Labute approximate surface area is 256 Å². The number of aliphatic hydroxyl groups is 3. The Kier molecular flexibility index (Phi) is 5.17. The number of aliphatic hydroxyl groups excluding tert-OH is 2. The molecule has 228 valence electrons. The van der Waals surface area contributed by atoms with E-state index in [-0.39, 0.29) is 35.0 Å². The van der Waals surface area contributed by atoms with E-state index in [1.165, 1.54) is 23.9 Å². The molecular formula is C29H39N5O8. The molecular weight excluding hydrogens is 546 g/mol. The molecule has 13 heteroatoms. The second-order valence-corrected chi connectivity index (χ2v) is 12.2. The van der Waals surface area contributed by atoms with Gasteiger partial charge in [0.15, 0.2) is 21.4 Å². The van der Waals surface area contributed by atoms with Crippen molar-refractivity contribution in [3.05, 3.63) is 39.8 Å². The molecule has 0 bridgehead atoms. The second kappa shape index (κ2) is 10.4. The summed E-state index contributed by atoms with van der Waals surface area (Å²) in [5.74, 6) is -9.20. The zero-order chi connectivity index (χ0) is 38.7. The molecule has 0 fully saturated rings. The maximum atomic E-state index is 14.7. The number of Topliss-reactive ketones (excluding diaryl/α,β-unsaturated/α-hetero) is 2. The monoisotopic (exact) mass is 594 g/mol. The van der Waals surface area contributed by atoms with E-state index in [4.69, 9.17) is 33.2 Å². The van der Waals surface area contributed by atoms with Crippen LogP contribution in [0.1, 0.15) is 44.5 Å². The number of carbonyl (C=O) groups excluding carboxylic acids is 4. The molecule has 0 saturated heterocycles. The van der Waals surface area contributed by atoms with Gasteiger partial charge in [0.05, 0.1) is 25.2 Å². The van der Waals surface area contributed by atoms with Crippen LogP contribution in [-0.4, -0.2) is 103 Å². The summed E-state index contributed by atoms with van der Waals surface area (Å²) in [6, 6.07) is -1.67. The van der Waals surface area contributed by atoms with Gasteiger partial charge in [0, 0.05) is 36.8 Å². The number of rotatable bonds is 10. The highest BCUT2D eigenvalue weighted by Crippen LogP contribution is 2.53. The number of amides is 2. The number of phenolic OH excluding ortho intramolecular Hbond substituents is 1. The van der Waals surface area contributed by atoms with Crippen LogP contribution in [0.3, 0.4) is 0 Å². The first-order valence-corrected chi connectivity index (χ1v) is 13.2. The zero-order valence-corrected chi connectivity index (χ0v) is 24.4. The minimum atomic E-state index is -2.72. The largest absolute Gasteiger partial charge is 0.510 e. The van der Waals surface area contributed by atoms with Crippen LogP contribution < -0.4 is 21.2 Å². The number of benzene rings is 1. The Morgan fingerprint density at radius 3 is 2.52 bits per heavy atom. The number of fused-ring (bicyclic) bond motifs is 3. The number of nitrogens with zero attached hydrogens (tertiary/aromatic N) is 2. The van der Waals surface area contributed by atoms with Crippen LogP contribution in [0.4, 0.5) is 11.4 Å². The third-order valence-corrected chi connectivity index (χ3v) is 7.84. The third kappa shape index (κ3) is 4.80. The lowest BCUT2D eigenvalue weighted by atomic mass is 9.58. The summed E-state index contributed by atoms with van der Waals surface area (Å²) in [7, 11) is 6.11. The van der Waals surface area contributed by atoms with Crippen LogP contribution in [0.25, 0.3) is 2.86 Å². The van der Waals surface area contributed by atoms with Gasteiger partial charge >= 0.3 is 0 Å². The van der Waals surface area contributed by atoms with Gasteiger partial charge in [-0.1, -0.05) is 0 Å². The predicted octanol–water partition coefficient (Wildman–Crippen LogP) is 0.513. The molecule has 0 aliphatic heterocycles. The molecule has 0 heterocycles. The Morgan fingerprint density at radius 1 is 1.24 bits per heavy atom. The van der Waals surface area contributed by atoms with Gasteiger partial charge in [0.2, 0.25) is 13.1 Å². The maximum Gasteiger partial charge on any atom is 0.293 e. The summed E-state index contributed by atoms with van der Waals surface area (Å²) in [4.78, 5) is 58.3. The molecule has 0 radical (unpaired) electrons. The van der Waals surface area contributed by atoms with E-state index >= 15 is 0 Å². The number of likely N-dealkylation sites (N-methyl/N-ethyl adjacent to an activating group) is 1. The van der Waals surface area contributed by atoms with E-state index in [9.17, 15) is 19.2 Å². The smallest absolute Gasteiger partial charge is 0.293 e. The van der Waals surface area contributed by atoms with Crippen LogP contribution in [0, 0.1) is 11.8 Å². The van der Waals surface area contributed by atoms with Gasteiger partial charge in [-0.25, -0.2) is 0 Å². The topological polar surface area (TPSA) is 206 Å². The van der Waals surface area contributed by atoms with Gasteiger partial charge < -0.3 is 41.7 Å². The number of nitrogens with two attached hydrogens (primary N) is 1. The zero-order valence-electron chi connectivity index (χ0n) is 33.4. The molecule has 3 aliphatic carbocycles. The van der Waals surface area contributed by atoms with Crippen molar-refractivity contribution < 1.29 is 46.6 Å². The van der Waals surface area contributed by atoms with Crippen molar-refractivity contribution in [2.45, 2.75) is 50.8 Å². The van der Waals surface area contributed by atoms with Crippen LogP contribution >= 0.6 is 0 Å². The molecule has 1 aromatic carbocycles. The Hall–Kier alpha value is -3.94. The van der Waals surface area contributed by atoms with Crippen LogP contribution in [0.2, 0.25) is 5.65 Å². The summed E-state index contributed by atoms with van der Waals surface area (Å²) >= 11 is 0. The van der Waals surface area contributed by atoms with Crippen LogP contribution in [-0.2, 0) is 20.8 Å². The minimum Gasteiger partial charge on any atom is -0.510 e. The number of allylic oxidation sites excluding steroid dienone is 1. The molecule has 1 aromatic rings. The summed E-state index contributed by atoms with van der Waals surface area (Å²) in [5.41, 5.74) is -6.11. The third-order valence-electron chi connectivity index (χ3n) is 7.84. The number of hydrogen-bond acceptors (Lipinski definition) is 11. The number of phenols is 1. The molecule has 2 amide bonds. The highest BCUT2D eigenvalue weighted by atomic mass is 16.3. The van der Waals surface area contributed by atoms with E-state index in [2.05, 4.69) is 0 Å². The van der Waals surface area contributed by atoms with Crippen molar-refractivity contribution in [3.63, 3.8) is 0 Å². The van der Waals surface area contributed by atoms with Crippen molar-refractivity contribution in [2.75, 3.05) is 44.9 Å². The van der Waals surface area contributed by atoms with Gasteiger partial charge in [0.25, 0.3) is 10.2 Å². The fraction of sp³-hybridized carbons (Fsp3) is 0.517.